The molecule has 10 heteroatoms. The van der Waals surface area contributed by atoms with Crippen molar-refractivity contribution in [2.24, 2.45) is 0 Å². The molecule has 2 amide bonds. The van der Waals surface area contributed by atoms with Crippen LogP contribution in [-0.2, 0) is 14.3 Å². The number of carbonyl (C=O) groups is 2. The molecule has 202 valence electrons. The number of ether oxygens (including phenoxy) is 1. The third kappa shape index (κ3) is 5.78. The van der Waals surface area contributed by atoms with E-state index in [4.69, 9.17) is 9.84 Å². The Hall–Kier alpha value is -3.47. The van der Waals surface area contributed by atoms with Crippen molar-refractivity contribution in [3.63, 3.8) is 0 Å². The normalized spacial score (nSPS) is 15.2. The molecule has 2 aromatic carbocycles. The Balaban J connectivity index is 1.70. The van der Waals surface area contributed by atoms with E-state index in [0.29, 0.717) is 25.4 Å². The molecule has 3 heterocycles. The summed E-state index contributed by atoms with van der Waals surface area (Å²) in [6.45, 7) is 2.84. The Morgan fingerprint density at radius 1 is 1.15 bits per heavy atom. The lowest BCUT2D eigenvalue weighted by atomic mass is 10.0. The average Bonchev–Trinajstić information content (AvgIpc) is 3.57. The first-order chi connectivity index (χ1) is 19.0. The second kappa shape index (κ2) is 12.1. The Kier molecular flexibility index (Phi) is 8.44. The van der Waals surface area contributed by atoms with E-state index < -0.39 is 0 Å². The summed E-state index contributed by atoms with van der Waals surface area (Å²) in [6, 6.07) is 18.2. The molecule has 0 unspecified atom stereocenters. The van der Waals surface area contributed by atoms with Crippen LogP contribution < -0.4 is 10.2 Å². The second-order valence-corrected chi connectivity index (χ2v) is 11.2. The number of nitrogens with one attached hydrogen (secondary N) is 1. The summed E-state index contributed by atoms with van der Waals surface area (Å²) >= 11 is 3.02. The van der Waals surface area contributed by atoms with Crippen LogP contribution in [0.5, 0.6) is 0 Å². The molecule has 4 aromatic rings. The van der Waals surface area contributed by atoms with Gasteiger partial charge in [0.25, 0.3) is 0 Å². The number of benzene rings is 2. The standard InChI is InChI=1S/C29H29FN4O3S2/c1-19-7-3-4-8-22(19)34-29-26(27(32-34)23-9-5-16-38-23)28(20-10-12-21(30)13-11-20)39-18-25(36)33(29)17-24(35)31-14-6-15-37-2/h3-5,7-13,16,28H,6,14-15,17-18H2,1-2H3,(H,31,35)/t28-/m1/s1. The van der Waals surface area contributed by atoms with Crippen molar-refractivity contribution >= 4 is 40.7 Å². The number of anilines is 1. The van der Waals surface area contributed by atoms with E-state index in [2.05, 4.69) is 5.32 Å². The molecule has 1 atom stereocenters. The minimum atomic E-state index is -0.325. The lowest BCUT2D eigenvalue weighted by Gasteiger charge is -2.23. The van der Waals surface area contributed by atoms with Crippen molar-refractivity contribution < 1.29 is 18.7 Å². The van der Waals surface area contributed by atoms with E-state index in [1.165, 1.54) is 23.9 Å². The van der Waals surface area contributed by atoms with Gasteiger partial charge in [-0.3, -0.25) is 14.5 Å². The van der Waals surface area contributed by atoms with Gasteiger partial charge in [-0.2, -0.15) is 5.10 Å². The summed E-state index contributed by atoms with van der Waals surface area (Å²) in [5.74, 6) is -0.0551. The largest absolute Gasteiger partial charge is 0.385 e. The zero-order valence-corrected chi connectivity index (χ0v) is 23.4. The van der Waals surface area contributed by atoms with Gasteiger partial charge in [0.15, 0.2) is 0 Å². The van der Waals surface area contributed by atoms with Gasteiger partial charge in [-0.1, -0.05) is 36.4 Å². The SMILES string of the molecule is COCCCNC(=O)CN1C(=O)CS[C@H](c2ccc(F)cc2)c2c(-c3cccs3)nn(-c3ccccc3C)c21. The molecule has 0 fully saturated rings. The van der Waals surface area contributed by atoms with Gasteiger partial charge in [-0.05, 0) is 54.1 Å². The van der Waals surface area contributed by atoms with E-state index in [0.717, 1.165) is 32.9 Å². The predicted octanol–water partition coefficient (Wildman–Crippen LogP) is 5.37. The van der Waals surface area contributed by atoms with Gasteiger partial charge in [0.2, 0.25) is 11.8 Å². The number of halogens is 1. The first-order valence-electron chi connectivity index (χ1n) is 12.6. The highest BCUT2D eigenvalue weighted by atomic mass is 32.2. The molecule has 1 aliphatic heterocycles. The fourth-order valence-electron chi connectivity index (χ4n) is 4.63. The van der Waals surface area contributed by atoms with E-state index in [-0.39, 0.29) is 35.2 Å². The Labute approximate surface area is 235 Å². The lowest BCUT2D eigenvalue weighted by Crippen LogP contribution is -2.42. The smallest absolute Gasteiger partial charge is 0.240 e. The summed E-state index contributed by atoms with van der Waals surface area (Å²) in [6.07, 6.45) is 0.674. The molecule has 39 heavy (non-hydrogen) atoms. The van der Waals surface area contributed by atoms with Gasteiger partial charge in [0.05, 0.1) is 21.6 Å². The number of thioether (sulfide) groups is 1. The van der Waals surface area contributed by atoms with E-state index in [9.17, 15) is 14.0 Å². The Bertz CT molecular complexity index is 1450. The number of hydrogen-bond acceptors (Lipinski definition) is 6. The molecular weight excluding hydrogens is 535 g/mol. The lowest BCUT2D eigenvalue weighted by molar-refractivity contribution is -0.122. The Morgan fingerprint density at radius 3 is 2.67 bits per heavy atom. The molecule has 5 rings (SSSR count). The minimum Gasteiger partial charge on any atom is -0.385 e. The van der Waals surface area contributed by atoms with Crippen molar-refractivity contribution in [2.75, 3.05) is 37.5 Å². The second-order valence-electron chi connectivity index (χ2n) is 9.18. The number of thiophene rings is 1. The van der Waals surface area contributed by atoms with E-state index in [1.807, 2.05) is 48.7 Å². The number of carbonyl (C=O) groups excluding carboxylic acids is 2. The number of aromatic nitrogens is 2. The molecule has 0 bridgehead atoms. The van der Waals surface area contributed by atoms with Crippen molar-refractivity contribution in [1.29, 1.82) is 0 Å². The molecular formula is C29H29FN4O3S2. The van der Waals surface area contributed by atoms with Crippen LogP contribution in [0.25, 0.3) is 16.3 Å². The van der Waals surface area contributed by atoms with Crippen LogP contribution in [0.1, 0.15) is 28.4 Å². The molecule has 1 aliphatic rings. The summed E-state index contributed by atoms with van der Waals surface area (Å²) in [5.41, 5.74) is 4.23. The minimum absolute atomic E-state index is 0.142. The maximum absolute atomic E-state index is 13.9. The van der Waals surface area contributed by atoms with E-state index >= 15 is 0 Å². The zero-order chi connectivity index (χ0) is 27.4. The number of amides is 2. The predicted molar refractivity (Wildman–Crippen MR) is 154 cm³/mol. The molecule has 2 aromatic heterocycles. The molecule has 0 saturated heterocycles. The third-order valence-electron chi connectivity index (χ3n) is 6.51. The van der Waals surface area contributed by atoms with Gasteiger partial charge in [0.1, 0.15) is 23.9 Å². The molecule has 0 saturated carbocycles. The number of aryl methyl sites for hydroxylation is 1. The van der Waals surface area contributed by atoms with Crippen LogP contribution in [0.2, 0.25) is 0 Å². The third-order valence-corrected chi connectivity index (χ3v) is 8.64. The zero-order valence-electron chi connectivity index (χ0n) is 21.7. The average molecular weight is 565 g/mol. The van der Waals surface area contributed by atoms with Crippen LogP contribution in [0, 0.1) is 12.7 Å². The molecule has 0 aliphatic carbocycles. The number of nitrogens with zero attached hydrogens (tertiary/aromatic N) is 3. The van der Waals surface area contributed by atoms with Crippen molar-refractivity contribution in [1.82, 2.24) is 15.1 Å². The van der Waals surface area contributed by atoms with Gasteiger partial charge in [-0.15, -0.1) is 23.1 Å². The van der Waals surface area contributed by atoms with Crippen molar-refractivity contribution in [3.8, 4) is 16.3 Å². The summed E-state index contributed by atoms with van der Waals surface area (Å²) in [4.78, 5) is 29.2. The van der Waals surface area contributed by atoms with E-state index in [1.54, 1.807) is 40.2 Å². The monoisotopic (exact) mass is 564 g/mol. The first kappa shape index (κ1) is 27.1. The van der Waals surface area contributed by atoms with Gasteiger partial charge in [-0.25, -0.2) is 9.07 Å². The van der Waals surface area contributed by atoms with Crippen LogP contribution in [0.15, 0.2) is 66.0 Å². The fourth-order valence-corrected chi connectivity index (χ4v) is 6.55. The van der Waals surface area contributed by atoms with Crippen LogP contribution in [0.3, 0.4) is 0 Å². The topological polar surface area (TPSA) is 76.5 Å². The van der Waals surface area contributed by atoms with Crippen molar-refractivity contribution in [3.05, 3.63) is 88.6 Å². The quantitative estimate of drug-likeness (QED) is 0.277. The van der Waals surface area contributed by atoms with Crippen molar-refractivity contribution in [2.45, 2.75) is 18.6 Å². The van der Waals surface area contributed by atoms with Gasteiger partial charge >= 0.3 is 0 Å². The first-order valence-corrected chi connectivity index (χ1v) is 14.6. The van der Waals surface area contributed by atoms with Crippen LogP contribution in [-0.4, -0.2) is 54.2 Å². The maximum Gasteiger partial charge on any atom is 0.240 e. The number of rotatable bonds is 9. The fraction of sp³-hybridized carbons (Fsp3) is 0.276. The van der Waals surface area contributed by atoms with Crippen LogP contribution in [0.4, 0.5) is 10.2 Å². The highest BCUT2D eigenvalue weighted by Gasteiger charge is 2.38. The number of hydrogen-bond donors (Lipinski definition) is 1. The van der Waals surface area contributed by atoms with Gasteiger partial charge < -0.3 is 10.1 Å². The number of methoxy groups -OCH3 is 1. The molecule has 1 N–H and O–H groups in total. The molecule has 0 spiro atoms. The maximum atomic E-state index is 13.9. The summed E-state index contributed by atoms with van der Waals surface area (Å²) in [5, 5.41) is 9.67. The van der Waals surface area contributed by atoms with Crippen LogP contribution >= 0.6 is 23.1 Å². The molecule has 0 radical (unpaired) electrons. The number of fused-ring (bicyclic) bond motifs is 1. The highest BCUT2D eigenvalue weighted by Crippen LogP contribution is 2.49. The Morgan fingerprint density at radius 2 is 1.95 bits per heavy atom. The molecule has 7 nitrogen and oxygen atoms in total. The summed E-state index contributed by atoms with van der Waals surface area (Å²) in [7, 11) is 1.62. The highest BCUT2D eigenvalue weighted by molar-refractivity contribution is 8.00. The van der Waals surface area contributed by atoms with Gasteiger partial charge in [0, 0.05) is 25.8 Å². The number of para-hydroxylation sites is 1. The summed E-state index contributed by atoms with van der Waals surface area (Å²) < 4.78 is 20.8.